The molecule has 4 amide bonds. The zero-order valence-electron chi connectivity index (χ0n) is 32.8. The molecule has 4 fully saturated rings. The Labute approximate surface area is 337 Å². The second-order valence-electron chi connectivity index (χ2n) is 17.2. The summed E-state index contributed by atoms with van der Waals surface area (Å²) in [6, 6.07) is 15.8. The number of carbonyl (C=O) groups excluding carboxylic acids is 4. The number of piperazine rings is 1. The lowest BCUT2D eigenvalue weighted by Crippen LogP contribution is -2.75. The monoisotopic (exact) mass is 793 g/mol. The van der Waals surface area contributed by atoms with Crippen molar-refractivity contribution >= 4 is 40.9 Å². The molecule has 1 spiro atoms. The maximum Gasteiger partial charge on any atom is 0.270 e. The molecule has 4 aliphatic heterocycles. The summed E-state index contributed by atoms with van der Waals surface area (Å²) >= 11 is 6.24. The largest absolute Gasteiger partial charge is 0.489 e. The Balaban J connectivity index is 0.796. The van der Waals surface area contributed by atoms with Crippen LogP contribution >= 0.6 is 11.6 Å². The molecule has 1 saturated carbocycles. The highest BCUT2D eigenvalue weighted by atomic mass is 35.5. The molecule has 8 rings (SSSR count). The number of fused-ring (bicyclic) bond motifs is 1. The number of halogens is 1. The van der Waals surface area contributed by atoms with Crippen molar-refractivity contribution in [2.75, 3.05) is 50.8 Å². The molecule has 1 aromatic heterocycles. The average molecular weight is 794 g/mol. The van der Waals surface area contributed by atoms with Crippen LogP contribution in [0.1, 0.15) is 89.3 Å². The van der Waals surface area contributed by atoms with E-state index in [0.717, 1.165) is 56.8 Å². The van der Waals surface area contributed by atoms with E-state index in [1.807, 2.05) is 18.2 Å². The van der Waals surface area contributed by atoms with Gasteiger partial charge in [0, 0.05) is 67.4 Å². The van der Waals surface area contributed by atoms with E-state index >= 15 is 0 Å². The lowest BCUT2D eigenvalue weighted by Gasteiger charge is -2.63. The minimum Gasteiger partial charge on any atom is -0.489 e. The van der Waals surface area contributed by atoms with E-state index in [0.29, 0.717) is 52.8 Å². The Hall–Kier alpha value is -5.03. The number of aromatic nitrogens is 1. The van der Waals surface area contributed by atoms with E-state index in [2.05, 4.69) is 59.2 Å². The standard InChI is InChI=1S/C43H48ClN7O6/c1-41(2)39(42(3,4)40(41)57-29-10-8-27(22-45)32(44)21-29)47-36(53)33-12-7-26(23-46-33)6-5-15-49-16-18-50(19-17-49)28-9-11-30-31(20-28)38(55)51(37(30)54)34-13-14-35(52)48-43(34)24-56-25-43/h7-12,20-21,23,34,39-40H,5-6,13-19,24-25H2,1-4H3,(H,47,53)(H,48,52)/t34?,39-,40-. The van der Waals surface area contributed by atoms with Gasteiger partial charge in [0.15, 0.2) is 0 Å². The Bertz CT molecular complexity index is 2140. The minimum absolute atomic E-state index is 0.0744. The summed E-state index contributed by atoms with van der Waals surface area (Å²) in [7, 11) is 0. The number of pyridine rings is 1. The third-order valence-corrected chi connectivity index (χ3v) is 13.1. The predicted molar refractivity (Wildman–Crippen MR) is 212 cm³/mol. The first kappa shape index (κ1) is 38.8. The molecule has 0 bridgehead atoms. The molecule has 1 atom stereocenters. The number of hydrogen-bond acceptors (Lipinski definition) is 10. The van der Waals surface area contributed by atoms with Crippen LogP contribution in [0.15, 0.2) is 54.7 Å². The van der Waals surface area contributed by atoms with Gasteiger partial charge in [-0.25, -0.2) is 0 Å². The molecule has 3 saturated heterocycles. The molecule has 5 heterocycles. The Morgan fingerprint density at radius 3 is 2.39 bits per heavy atom. The summed E-state index contributed by atoms with van der Waals surface area (Å²) < 4.78 is 11.8. The highest BCUT2D eigenvalue weighted by Crippen LogP contribution is 2.55. The average Bonchev–Trinajstić information content (AvgIpc) is 3.43. The van der Waals surface area contributed by atoms with Gasteiger partial charge >= 0.3 is 0 Å². The van der Waals surface area contributed by atoms with Crippen LogP contribution in [0, 0.1) is 22.2 Å². The second-order valence-corrected chi connectivity index (χ2v) is 17.7. The minimum atomic E-state index is -0.697. The molecule has 1 unspecified atom stereocenters. The Morgan fingerprint density at radius 1 is 1.00 bits per heavy atom. The molecule has 14 heteroatoms. The number of carbonyl (C=O) groups is 4. The summed E-state index contributed by atoms with van der Waals surface area (Å²) in [6.07, 6.45) is 4.08. The molecule has 298 valence electrons. The number of amides is 4. The zero-order valence-corrected chi connectivity index (χ0v) is 33.5. The fourth-order valence-electron chi connectivity index (χ4n) is 9.90. The number of rotatable bonds is 10. The van der Waals surface area contributed by atoms with Crippen molar-refractivity contribution in [2.45, 2.75) is 77.1 Å². The third-order valence-electron chi connectivity index (χ3n) is 12.8. The molecule has 3 aromatic rings. The molecule has 0 radical (unpaired) electrons. The van der Waals surface area contributed by atoms with Gasteiger partial charge in [-0.1, -0.05) is 45.4 Å². The molecular weight excluding hydrogens is 746 g/mol. The van der Waals surface area contributed by atoms with Crippen molar-refractivity contribution < 1.29 is 28.7 Å². The topological polar surface area (TPSA) is 157 Å². The maximum absolute atomic E-state index is 13.7. The van der Waals surface area contributed by atoms with Crippen LogP contribution in [0.4, 0.5) is 5.69 Å². The number of nitrogens with zero attached hydrogens (tertiary/aromatic N) is 5. The summed E-state index contributed by atoms with van der Waals surface area (Å²) in [5, 5.41) is 15.7. The fourth-order valence-corrected chi connectivity index (χ4v) is 10.1. The van der Waals surface area contributed by atoms with Gasteiger partial charge in [0.05, 0.1) is 41.0 Å². The van der Waals surface area contributed by atoms with E-state index in [4.69, 9.17) is 21.1 Å². The van der Waals surface area contributed by atoms with Crippen LogP contribution < -0.4 is 20.3 Å². The van der Waals surface area contributed by atoms with E-state index in [-0.39, 0.29) is 53.0 Å². The maximum atomic E-state index is 13.7. The highest BCUT2D eigenvalue weighted by molar-refractivity contribution is 6.31. The molecule has 57 heavy (non-hydrogen) atoms. The van der Waals surface area contributed by atoms with E-state index in [9.17, 15) is 24.4 Å². The first-order valence-electron chi connectivity index (χ1n) is 19.7. The lowest BCUT2D eigenvalue weighted by molar-refractivity contribution is -0.164. The summed E-state index contributed by atoms with van der Waals surface area (Å²) in [4.78, 5) is 63.2. The zero-order chi connectivity index (χ0) is 40.3. The number of imide groups is 1. The van der Waals surface area contributed by atoms with Gasteiger partial charge in [-0.3, -0.25) is 34.0 Å². The van der Waals surface area contributed by atoms with Crippen molar-refractivity contribution in [1.82, 2.24) is 25.4 Å². The Kier molecular flexibility index (Phi) is 10.0. The first-order chi connectivity index (χ1) is 27.2. The molecule has 13 nitrogen and oxygen atoms in total. The van der Waals surface area contributed by atoms with Crippen LogP contribution in [-0.4, -0.2) is 108 Å². The van der Waals surface area contributed by atoms with Crippen LogP contribution in [-0.2, 0) is 16.0 Å². The van der Waals surface area contributed by atoms with Crippen LogP contribution in [0.25, 0.3) is 0 Å². The molecule has 2 aromatic carbocycles. The molecular formula is C43H48ClN7O6. The van der Waals surface area contributed by atoms with E-state index in [1.165, 1.54) is 4.90 Å². The second kappa shape index (κ2) is 14.7. The summed E-state index contributed by atoms with van der Waals surface area (Å²) in [5.41, 5.74) is 2.15. The third kappa shape index (κ3) is 6.91. The quantitative estimate of drug-likeness (QED) is 0.278. The van der Waals surface area contributed by atoms with Gasteiger partial charge in [0.25, 0.3) is 17.7 Å². The van der Waals surface area contributed by atoms with Gasteiger partial charge < -0.3 is 25.0 Å². The highest BCUT2D eigenvalue weighted by Gasteiger charge is 2.64. The Morgan fingerprint density at radius 2 is 1.74 bits per heavy atom. The van der Waals surface area contributed by atoms with Gasteiger partial charge in [-0.2, -0.15) is 5.26 Å². The van der Waals surface area contributed by atoms with Crippen molar-refractivity contribution in [1.29, 1.82) is 5.26 Å². The van der Waals surface area contributed by atoms with Gasteiger partial charge in [0.2, 0.25) is 5.91 Å². The normalized spacial score (nSPS) is 24.6. The number of aryl methyl sites for hydroxylation is 1. The van der Waals surface area contributed by atoms with Crippen molar-refractivity contribution in [3.8, 4) is 11.8 Å². The lowest BCUT2D eigenvalue weighted by atomic mass is 9.49. The smallest absolute Gasteiger partial charge is 0.270 e. The van der Waals surface area contributed by atoms with Crippen LogP contribution in [0.3, 0.4) is 0 Å². The van der Waals surface area contributed by atoms with Crippen molar-refractivity contribution in [2.24, 2.45) is 10.8 Å². The number of ether oxygens (including phenoxy) is 2. The molecule has 1 aliphatic carbocycles. The van der Waals surface area contributed by atoms with Crippen LogP contribution in [0.5, 0.6) is 5.75 Å². The predicted octanol–water partition coefficient (Wildman–Crippen LogP) is 4.62. The molecule has 2 N–H and O–H groups in total. The van der Waals surface area contributed by atoms with Crippen molar-refractivity contribution in [3.05, 3.63) is 87.7 Å². The number of benzene rings is 2. The van der Waals surface area contributed by atoms with Gasteiger partial charge in [-0.05, 0) is 67.8 Å². The fraction of sp³-hybridized carbons (Fsp3) is 0.488. The van der Waals surface area contributed by atoms with Crippen molar-refractivity contribution in [3.63, 3.8) is 0 Å². The number of nitrogens with one attached hydrogen (secondary N) is 2. The molecule has 5 aliphatic rings. The van der Waals surface area contributed by atoms with E-state index in [1.54, 1.807) is 36.5 Å². The van der Waals surface area contributed by atoms with Crippen LogP contribution in [0.2, 0.25) is 5.02 Å². The van der Waals surface area contributed by atoms with Gasteiger partial charge in [-0.15, -0.1) is 0 Å². The number of piperidine rings is 1. The van der Waals surface area contributed by atoms with Gasteiger partial charge in [0.1, 0.15) is 29.2 Å². The summed E-state index contributed by atoms with van der Waals surface area (Å²) in [5.74, 6) is -0.318. The SMILES string of the molecule is CC1(C)[C@H](NC(=O)c2ccc(CCCN3CCN(c4ccc5c(c4)C(=O)N(C4CCC(=O)NC46COC6)C5=O)CC3)cn2)C(C)(C)[C@H]1Oc1ccc(C#N)c(Cl)c1. The summed E-state index contributed by atoms with van der Waals surface area (Å²) in [6.45, 7) is 13.2. The van der Waals surface area contributed by atoms with E-state index < -0.39 is 11.6 Å². The first-order valence-corrected chi connectivity index (χ1v) is 20.1. The number of anilines is 1. The number of hydrogen-bond donors (Lipinski definition) is 2. The number of nitriles is 1.